The number of aromatic nitrogens is 4. The first kappa shape index (κ1) is 22.5. The predicted molar refractivity (Wildman–Crippen MR) is 130 cm³/mol. The highest BCUT2D eigenvalue weighted by Gasteiger charge is 2.32. The Morgan fingerprint density at radius 3 is 2.80 bits per heavy atom. The standard InChI is InChI=1S/C23H21N7O4S/c1-12(2)8-11-30-22-13(4-3-10-25-22)19(31)17(23(30)32)21-27-15-6-5-14-18(20(15)35(33,34)29-21)28-16(26-14)7-9-24/h3-6,10,12,31H,7-8,11H2,1-2H3,(H,26,28)(H,27,29). The Labute approximate surface area is 199 Å². The van der Waals surface area contributed by atoms with Crippen LogP contribution in [-0.2, 0) is 23.0 Å². The van der Waals surface area contributed by atoms with Gasteiger partial charge in [0.1, 0.15) is 33.2 Å². The number of nitrogens with one attached hydrogen (secondary N) is 2. The van der Waals surface area contributed by atoms with Crippen molar-refractivity contribution in [3.8, 4) is 11.8 Å². The fourth-order valence-corrected chi connectivity index (χ4v) is 5.38. The van der Waals surface area contributed by atoms with Gasteiger partial charge in [0.2, 0.25) is 0 Å². The maximum absolute atomic E-state index is 13.5. The quantitative estimate of drug-likeness (QED) is 0.383. The first-order valence-corrected chi connectivity index (χ1v) is 12.4. The number of anilines is 1. The van der Waals surface area contributed by atoms with Crippen molar-refractivity contribution in [3.63, 3.8) is 0 Å². The van der Waals surface area contributed by atoms with Gasteiger partial charge in [0.05, 0.1) is 29.1 Å². The molecule has 0 saturated heterocycles. The molecule has 12 heteroatoms. The average molecular weight is 492 g/mol. The summed E-state index contributed by atoms with van der Waals surface area (Å²) in [6.07, 6.45) is 2.19. The average Bonchev–Trinajstić information content (AvgIpc) is 3.21. The lowest BCUT2D eigenvalue weighted by Crippen LogP contribution is -2.33. The summed E-state index contributed by atoms with van der Waals surface area (Å²) >= 11 is 0. The summed E-state index contributed by atoms with van der Waals surface area (Å²) in [5, 5.41) is 23.2. The number of nitrogens with zero attached hydrogens (tertiary/aromatic N) is 5. The van der Waals surface area contributed by atoms with Crippen molar-refractivity contribution in [3.05, 3.63) is 52.2 Å². The summed E-state index contributed by atoms with van der Waals surface area (Å²) in [5.74, 6) is -0.0526. The third kappa shape index (κ3) is 3.70. The first-order chi connectivity index (χ1) is 16.7. The number of nitriles is 1. The first-order valence-electron chi connectivity index (χ1n) is 10.9. The summed E-state index contributed by atoms with van der Waals surface area (Å²) in [6.45, 7) is 4.38. The minimum Gasteiger partial charge on any atom is -0.506 e. The number of rotatable bonds is 5. The Morgan fingerprint density at radius 2 is 2.06 bits per heavy atom. The molecule has 5 rings (SSSR count). The van der Waals surface area contributed by atoms with Crippen LogP contribution in [0.4, 0.5) is 5.69 Å². The number of aromatic amines is 1. The van der Waals surface area contributed by atoms with E-state index in [1.165, 1.54) is 16.8 Å². The number of sulfonamides is 1. The number of amidine groups is 1. The Hall–Kier alpha value is -4.24. The lowest BCUT2D eigenvalue weighted by Gasteiger charge is -2.20. The van der Waals surface area contributed by atoms with E-state index in [9.17, 15) is 18.3 Å². The lowest BCUT2D eigenvalue weighted by atomic mass is 10.1. The number of benzene rings is 1. The normalized spacial score (nSPS) is 14.5. The lowest BCUT2D eigenvalue weighted by molar-refractivity contribution is 0.473. The Balaban J connectivity index is 1.72. The van der Waals surface area contributed by atoms with Crippen LogP contribution in [0.25, 0.3) is 22.1 Å². The molecule has 0 fully saturated rings. The highest BCUT2D eigenvalue weighted by atomic mass is 32.2. The largest absolute Gasteiger partial charge is 0.506 e. The van der Waals surface area contributed by atoms with Gasteiger partial charge in [0, 0.05) is 12.7 Å². The number of imidazole rings is 1. The van der Waals surface area contributed by atoms with Gasteiger partial charge in [-0.05, 0) is 36.6 Å². The van der Waals surface area contributed by atoms with Crippen LogP contribution in [0.5, 0.6) is 5.75 Å². The van der Waals surface area contributed by atoms with E-state index in [1.54, 1.807) is 18.2 Å². The van der Waals surface area contributed by atoms with Gasteiger partial charge in [0.25, 0.3) is 15.6 Å². The molecule has 0 spiro atoms. The second kappa shape index (κ2) is 8.21. The van der Waals surface area contributed by atoms with Crippen molar-refractivity contribution in [1.82, 2.24) is 19.5 Å². The van der Waals surface area contributed by atoms with Crippen molar-refractivity contribution in [2.24, 2.45) is 10.3 Å². The monoisotopic (exact) mass is 491 g/mol. The fraction of sp³-hybridized carbons (Fsp3) is 0.261. The zero-order valence-electron chi connectivity index (χ0n) is 18.9. The molecule has 3 aromatic heterocycles. The van der Waals surface area contributed by atoms with E-state index in [0.29, 0.717) is 41.3 Å². The molecule has 0 radical (unpaired) electrons. The highest BCUT2D eigenvalue weighted by Crippen LogP contribution is 2.36. The van der Waals surface area contributed by atoms with E-state index < -0.39 is 21.3 Å². The number of H-pyrrole nitrogens is 1. The second-order valence-corrected chi connectivity index (χ2v) is 10.2. The summed E-state index contributed by atoms with van der Waals surface area (Å²) < 4.78 is 31.8. The van der Waals surface area contributed by atoms with Crippen LogP contribution in [0.3, 0.4) is 0 Å². The predicted octanol–water partition coefficient (Wildman–Crippen LogP) is 2.65. The summed E-state index contributed by atoms with van der Waals surface area (Å²) in [6, 6.07) is 8.35. The number of hydrogen-bond acceptors (Lipinski definition) is 8. The molecule has 0 bridgehead atoms. The van der Waals surface area contributed by atoms with Crippen molar-refractivity contribution in [2.45, 2.75) is 38.1 Å². The molecule has 4 heterocycles. The van der Waals surface area contributed by atoms with Crippen LogP contribution in [0, 0.1) is 17.2 Å². The zero-order chi connectivity index (χ0) is 24.9. The van der Waals surface area contributed by atoms with E-state index in [0.717, 1.165) is 0 Å². The third-order valence-corrected chi connectivity index (χ3v) is 7.14. The maximum Gasteiger partial charge on any atom is 0.288 e. The number of aromatic hydroxyl groups is 1. The van der Waals surface area contributed by atoms with E-state index in [-0.39, 0.29) is 33.9 Å². The Morgan fingerprint density at radius 1 is 1.26 bits per heavy atom. The maximum atomic E-state index is 13.5. The van der Waals surface area contributed by atoms with Crippen molar-refractivity contribution in [2.75, 3.05) is 5.32 Å². The van der Waals surface area contributed by atoms with Crippen LogP contribution in [0.2, 0.25) is 0 Å². The number of hydrogen-bond donors (Lipinski definition) is 3. The third-order valence-electron chi connectivity index (χ3n) is 5.79. The van der Waals surface area contributed by atoms with Crippen molar-refractivity contribution in [1.29, 1.82) is 5.26 Å². The molecule has 0 unspecified atom stereocenters. The molecule has 35 heavy (non-hydrogen) atoms. The van der Waals surface area contributed by atoms with Crippen LogP contribution in [0.15, 0.2) is 44.6 Å². The van der Waals surface area contributed by atoms with Gasteiger partial charge in [-0.3, -0.25) is 9.36 Å². The number of aryl methyl sites for hydroxylation is 1. The minimum atomic E-state index is -4.31. The van der Waals surface area contributed by atoms with Gasteiger partial charge >= 0.3 is 0 Å². The molecule has 0 aliphatic carbocycles. The number of pyridine rings is 2. The smallest absolute Gasteiger partial charge is 0.288 e. The molecular formula is C23H21N7O4S. The molecule has 3 N–H and O–H groups in total. The highest BCUT2D eigenvalue weighted by molar-refractivity contribution is 7.90. The van der Waals surface area contributed by atoms with Gasteiger partial charge < -0.3 is 15.4 Å². The molecule has 1 aliphatic rings. The van der Waals surface area contributed by atoms with Crippen LogP contribution in [-0.4, -0.2) is 38.9 Å². The SMILES string of the molecule is CC(C)CCn1c(=O)c(C2=NS(=O)(=O)c3c(ccc4[nH]c(CC#N)nc34)N2)c(O)c2cccnc21. The summed E-state index contributed by atoms with van der Waals surface area (Å²) in [5.41, 5.74) is 0.198. The summed E-state index contributed by atoms with van der Waals surface area (Å²) in [4.78, 5) is 24.8. The fourth-order valence-electron chi connectivity index (χ4n) is 4.12. The Kier molecular flexibility index (Phi) is 5.29. The van der Waals surface area contributed by atoms with Crippen molar-refractivity contribution < 1.29 is 13.5 Å². The van der Waals surface area contributed by atoms with E-state index in [1.807, 2.05) is 19.9 Å². The van der Waals surface area contributed by atoms with Crippen LogP contribution >= 0.6 is 0 Å². The van der Waals surface area contributed by atoms with Gasteiger partial charge in [-0.25, -0.2) is 9.97 Å². The molecule has 1 aromatic carbocycles. The second-order valence-electron chi connectivity index (χ2n) is 8.63. The molecular weight excluding hydrogens is 470 g/mol. The van der Waals surface area contributed by atoms with E-state index in [2.05, 4.69) is 24.7 Å². The van der Waals surface area contributed by atoms with Gasteiger partial charge in [0.15, 0.2) is 5.84 Å². The van der Waals surface area contributed by atoms with Gasteiger partial charge in [-0.15, -0.1) is 4.40 Å². The minimum absolute atomic E-state index is 0.0135. The van der Waals surface area contributed by atoms with E-state index in [4.69, 9.17) is 5.26 Å². The van der Waals surface area contributed by atoms with Gasteiger partial charge in [-0.2, -0.15) is 13.7 Å². The zero-order valence-corrected chi connectivity index (χ0v) is 19.7. The molecule has 0 amide bonds. The number of fused-ring (bicyclic) bond motifs is 4. The van der Waals surface area contributed by atoms with Crippen LogP contribution < -0.4 is 10.9 Å². The molecule has 0 atom stereocenters. The molecule has 11 nitrogen and oxygen atoms in total. The Bertz CT molecular complexity index is 1740. The molecule has 178 valence electrons. The van der Waals surface area contributed by atoms with Crippen LogP contribution in [0.1, 0.15) is 31.7 Å². The van der Waals surface area contributed by atoms with E-state index >= 15 is 0 Å². The topological polar surface area (TPSA) is 166 Å². The van der Waals surface area contributed by atoms with Gasteiger partial charge in [-0.1, -0.05) is 13.8 Å². The molecule has 1 aliphatic heterocycles. The molecule has 0 saturated carbocycles. The summed E-state index contributed by atoms with van der Waals surface area (Å²) in [7, 11) is -4.31. The molecule has 4 aromatic rings. The van der Waals surface area contributed by atoms with Crippen molar-refractivity contribution >= 4 is 43.6 Å².